The van der Waals surface area contributed by atoms with Gasteiger partial charge in [-0.05, 0) is 45.1 Å². The Morgan fingerprint density at radius 1 is 1.38 bits per heavy atom. The number of hydrogen-bond acceptors (Lipinski definition) is 5. The van der Waals surface area contributed by atoms with E-state index in [2.05, 4.69) is 24.3 Å². The predicted molar refractivity (Wildman–Crippen MR) is 85.6 cm³/mol. The second-order valence-corrected chi connectivity index (χ2v) is 5.97. The van der Waals surface area contributed by atoms with Crippen molar-refractivity contribution in [2.24, 2.45) is 0 Å². The summed E-state index contributed by atoms with van der Waals surface area (Å²) in [7, 11) is 5.64. The molecule has 0 unspecified atom stereocenters. The Kier molecular flexibility index (Phi) is 4.73. The van der Waals surface area contributed by atoms with Crippen LogP contribution in [0, 0.1) is 0 Å². The van der Waals surface area contributed by atoms with Crippen LogP contribution in [0.5, 0.6) is 0 Å². The molecule has 0 aliphatic heterocycles. The van der Waals surface area contributed by atoms with Crippen molar-refractivity contribution in [3.63, 3.8) is 0 Å². The van der Waals surface area contributed by atoms with Crippen molar-refractivity contribution in [3.05, 3.63) is 23.8 Å². The first-order valence-electron chi connectivity index (χ1n) is 7.38. The van der Waals surface area contributed by atoms with Crippen LogP contribution in [-0.2, 0) is 4.74 Å². The lowest BCUT2D eigenvalue weighted by Crippen LogP contribution is -2.47. The number of rotatable bonds is 5. The maximum Gasteiger partial charge on any atom is 0.337 e. The van der Waals surface area contributed by atoms with E-state index in [0.29, 0.717) is 11.3 Å². The summed E-state index contributed by atoms with van der Waals surface area (Å²) >= 11 is 0. The highest BCUT2D eigenvalue weighted by molar-refractivity contribution is 5.91. The molecule has 0 amide bonds. The normalized spacial score (nSPS) is 17.0. The van der Waals surface area contributed by atoms with E-state index in [-0.39, 0.29) is 11.5 Å². The Hall–Kier alpha value is -1.75. The van der Waals surface area contributed by atoms with E-state index in [1.54, 1.807) is 12.1 Å². The highest BCUT2D eigenvalue weighted by Crippen LogP contribution is 2.34. The van der Waals surface area contributed by atoms with Gasteiger partial charge in [-0.1, -0.05) is 12.8 Å². The molecule has 5 nitrogen and oxygen atoms in total. The second-order valence-electron chi connectivity index (χ2n) is 5.97. The lowest BCUT2D eigenvalue weighted by molar-refractivity contribution is 0.0601. The quantitative estimate of drug-likeness (QED) is 0.644. The van der Waals surface area contributed by atoms with E-state index in [4.69, 9.17) is 10.5 Å². The molecule has 0 bridgehead atoms. The molecular weight excluding hydrogens is 266 g/mol. The number of esters is 1. The zero-order valence-electron chi connectivity index (χ0n) is 13.1. The fourth-order valence-corrected chi connectivity index (χ4v) is 3.04. The van der Waals surface area contributed by atoms with E-state index in [1.807, 2.05) is 6.07 Å². The smallest absolute Gasteiger partial charge is 0.337 e. The van der Waals surface area contributed by atoms with E-state index < -0.39 is 0 Å². The first kappa shape index (κ1) is 15.6. The summed E-state index contributed by atoms with van der Waals surface area (Å²) < 4.78 is 4.70. The van der Waals surface area contributed by atoms with Gasteiger partial charge in [0.05, 0.1) is 24.0 Å². The van der Waals surface area contributed by atoms with Crippen LogP contribution in [0.25, 0.3) is 0 Å². The number of likely N-dealkylation sites (N-methyl/N-ethyl adjacent to an activating group) is 1. The van der Waals surface area contributed by atoms with Crippen molar-refractivity contribution in [2.75, 3.05) is 38.8 Å². The number of carbonyl (C=O) groups excluding carboxylic acids is 1. The highest BCUT2D eigenvalue weighted by Gasteiger charge is 2.35. The third-order valence-electron chi connectivity index (χ3n) is 4.56. The number of anilines is 2. The molecule has 3 N–H and O–H groups in total. The zero-order chi connectivity index (χ0) is 15.5. The maximum absolute atomic E-state index is 11.5. The molecule has 0 atom stereocenters. The minimum Gasteiger partial charge on any atom is -0.465 e. The summed E-state index contributed by atoms with van der Waals surface area (Å²) in [6, 6.07) is 5.24. The van der Waals surface area contributed by atoms with Crippen LogP contribution in [0.1, 0.15) is 36.0 Å². The molecule has 116 valence electrons. The molecule has 1 fully saturated rings. The molecule has 0 saturated heterocycles. The van der Waals surface area contributed by atoms with Crippen LogP contribution in [0.4, 0.5) is 11.4 Å². The number of methoxy groups -OCH3 is 1. The molecule has 1 aromatic carbocycles. The molecule has 0 spiro atoms. The second kappa shape index (κ2) is 6.35. The van der Waals surface area contributed by atoms with Gasteiger partial charge >= 0.3 is 5.97 Å². The summed E-state index contributed by atoms with van der Waals surface area (Å²) in [6.45, 7) is 0.863. The van der Waals surface area contributed by atoms with Crippen molar-refractivity contribution in [2.45, 2.75) is 31.2 Å². The Bertz CT molecular complexity index is 508. The van der Waals surface area contributed by atoms with Crippen molar-refractivity contribution in [1.29, 1.82) is 0 Å². The van der Waals surface area contributed by atoms with Gasteiger partial charge in [-0.2, -0.15) is 0 Å². The largest absolute Gasteiger partial charge is 0.465 e. The third kappa shape index (κ3) is 3.29. The van der Waals surface area contributed by atoms with Crippen LogP contribution in [0.2, 0.25) is 0 Å². The summed E-state index contributed by atoms with van der Waals surface area (Å²) in [5, 5.41) is 3.44. The number of nitrogen functional groups attached to an aromatic ring is 1. The molecule has 0 aromatic heterocycles. The highest BCUT2D eigenvalue weighted by atomic mass is 16.5. The minimum absolute atomic E-state index is 0.202. The summed E-state index contributed by atoms with van der Waals surface area (Å²) in [5.41, 5.74) is 8.16. The van der Waals surface area contributed by atoms with Crippen molar-refractivity contribution < 1.29 is 9.53 Å². The number of carbonyl (C=O) groups is 1. The predicted octanol–water partition coefficient (Wildman–Crippen LogP) is 2.34. The standard InChI is InChI=1S/C16H25N3O2/c1-19(2)16(8-4-5-9-16)11-18-14-7-6-12(10-13(14)17)15(20)21-3/h6-7,10,18H,4-5,8-9,11,17H2,1-3H3. The summed E-state index contributed by atoms with van der Waals surface area (Å²) in [4.78, 5) is 13.8. The first-order valence-corrected chi connectivity index (χ1v) is 7.38. The van der Waals surface area contributed by atoms with Gasteiger partial charge in [-0.25, -0.2) is 4.79 Å². The Morgan fingerprint density at radius 3 is 2.57 bits per heavy atom. The zero-order valence-corrected chi connectivity index (χ0v) is 13.1. The average Bonchev–Trinajstić information content (AvgIpc) is 2.95. The van der Waals surface area contributed by atoms with E-state index in [1.165, 1.54) is 32.8 Å². The fourth-order valence-electron chi connectivity index (χ4n) is 3.04. The van der Waals surface area contributed by atoms with Gasteiger partial charge in [0.1, 0.15) is 0 Å². The monoisotopic (exact) mass is 291 g/mol. The lowest BCUT2D eigenvalue weighted by atomic mass is 9.96. The molecular formula is C16H25N3O2. The molecule has 1 saturated carbocycles. The van der Waals surface area contributed by atoms with E-state index >= 15 is 0 Å². The van der Waals surface area contributed by atoms with Crippen molar-refractivity contribution >= 4 is 17.3 Å². The van der Waals surface area contributed by atoms with Crippen LogP contribution < -0.4 is 11.1 Å². The van der Waals surface area contributed by atoms with Crippen LogP contribution >= 0.6 is 0 Å². The molecule has 1 aliphatic carbocycles. The number of nitrogens with two attached hydrogens (primary N) is 1. The molecule has 2 rings (SSSR count). The number of nitrogens with zero attached hydrogens (tertiary/aromatic N) is 1. The number of benzene rings is 1. The van der Waals surface area contributed by atoms with Gasteiger partial charge in [0.15, 0.2) is 0 Å². The van der Waals surface area contributed by atoms with Gasteiger partial charge < -0.3 is 20.7 Å². The third-order valence-corrected chi connectivity index (χ3v) is 4.56. The fraction of sp³-hybridized carbons (Fsp3) is 0.562. The number of ether oxygens (including phenoxy) is 1. The number of nitrogens with one attached hydrogen (secondary N) is 1. The molecule has 0 radical (unpaired) electrons. The Balaban J connectivity index is 2.08. The Labute approximate surface area is 126 Å². The minimum atomic E-state index is -0.367. The van der Waals surface area contributed by atoms with Gasteiger partial charge in [0.2, 0.25) is 0 Å². The van der Waals surface area contributed by atoms with Gasteiger partial charge in [0, 0.05) is 12.1 Å². The molecule has 0 heterocycles. The van der Waals surface area contributed by atoms with Crippen LogP contribution in [0.15, 0.2) is 18.2 Å². The Morgan fingerprint density at radius 2 is 2.05 bits per heavy atom. The van der Waals surface area contributed by atoms with Gasteiger partial charge in [0.25, 0.3) is 0 Å². The first-order chi connectivity index (χ1) is 9.98. The topological polar surface area (TPSA) is 67.6 Å². The van der Waals surface area contributed by atoms with E-state index in [9.17, 15) is 4.79 Å². The molecule has 21 heavy (non-hydrogen) atoms. The summed E-state index contributed by atoms with van der Waals surface area (Å²) in [5.74, 6) is -0.367. The van der Waals surface area contributed by atoms with Crippen molar-refractivity contribution in [3.8, 4) is 0 Å². The van der Waals surface area contributed by atoms with E-state index in [0.717, 1.165) is 12.2 Å². The molecule has 1 aromatic rings. The lowest BCUT2D eigenvalue weighted by Gasteiger charge is -2.37. The van der Waals surface area contributed by atoms with Crippen molar-refractivity contribution in [1.82, 2.24) is 4.90 Å². The molecule has 1 aliphatic rings. The molecule has 5 heteroatoms. The number of hydrogen-bond donors (Lipinski definition) is 2. The van der Waals surface area contributed by atoms with Crippen LogP contribution in [0.3, 0.4) is 0 Å². The van der Waals surface area contributed by atoms with Gasteiger partial charge in [-0.15, -0.1) is 0 Å². The van der Waals surface area contributed by atoms with Crippen LogP contribution in [-0.4, -0.2) is 44.2 Å². The SMILES string of the molecule is COC(=O)c1ccc(NCC2(N(C)C)CCCC2)c(N)c1. The van der Waals surface area contributed by atoms with Gasteiger partial charge in [-0.3, -0.25) is 0 Å². The maximum atomic E-state index is 11.5. The summed E-state index contributed by atoms with van der Waals surface area (Å²) in [6.07, 6.45) is 4.95. The average molecular weight is 291 g/mol.